The minimum atomic E-state index is 0.348. The molecule has 17 heavy (non-hydrogen) atoms. The predicted octanol–water partition coefficient (Wildman–Crippen LogP) is 3.32. The molecule has 0 bridgehead atoms. The van der Waals surface area contributed by atoms with Crippen molar-refractivity contribution in [1.29, 1.82) is 0 Å². The Morgan fingerprint density at radius 3 is 3.06 bits per heavy atom. The Balaban J connectivity index is 2.23. The third-order valence-corrected chi connectivity index (χ3v) is 3.41. The topological polar surface area (TPSA) is 27.8 Å². The van der Waals surface area contributed by atoms with Crippen LogP contribution in [0.15, 0.2) is 36.0 Å². The Bertz CT molecular complexity index is 574. The van der Waals surface area contributed by atoms with E-state index in [0.717, 1.165) is 13.0 Å². The fourth-order valence-electron chi connectivity index (χ4n) is 2.70. The largest absolute Gasteiger partial charge is 0.361 e. The van der Waals surface area contributed by atoms with Crippen LogP contribution in [0.5, 0.6) is 0 Å². The van der Waals surface area contributed by atoms with Gasteiger partial charge in [-0.3, -0.25) is 0 Å². The van der Waals surface area contributed by atoms with Crippen molar-refractivity contribution in [2.75, 3.05) is 6.54 Å². The van der Waals surface area contributed by atoms with E-state index < -0.39 is 0 Å². The highest BCUT2D eigenvalue weighted by atomic mass is 14.9. The second kappa shape index (κ2) is 4.04. The molecule has 2 heteroatoms. The van der Waals surface area contributed by atoms with Crippen LogP contribution in [0, 0.1) is 0 Å². The van der Waals surface area contributed by atoms with Crippen molar-refractivity contribution < 1.29 is 0 Å². The summed E-state index contributed by atoms with van der Waals surface area (Å²) in [6, 6.07) is 6.88. The summed E-state index contributed by atoms with van der Waals surface area (Å²) in [4.78, 5) is 3.37. The zero-order valence-electron chi connectivity index (χ0n) is 10.4. The molecule has 0 fully saturated rings. The summed E-state index contributed by atoms with van der Waals surface area (Å²) in [5, 5.41) is 5.03. The molecule has 1 aromatic heterocycles. The standard InChI is InChI=1S/C15H18N2/c1-10(2)8-14-12-4-3-5-13-15(12)11(9-17-13)6-7-16-14/h3-5,8-9,14,16-17H,6-7H2,1-2H3/t14-/m1/s1. The second-order valence-electron chi connectivity index (χ2n) is 5.01. The van der Waals surface area contributed by atoms with Gasteiger partial charge in [0.1, 0.15) is 0 Å². The Hall–Kier alpha value is -1.54. The predicted molar refractivity (Wildman–Crippen MR) is 72.2 cm³/mol. The number of allylic oxidation sites excluding steroid dienone is 1. The van der Waals surface area contributed by atoms with E-state index >= 15 is 0 Å². The molecule has 0 aliphatic carbocycles. The normalized spacial score (nSPS) is 19.1. The number of nitrogens with one attached hydrogen (secondary N) is 2. The minimum absolute atomic E-state index is 0.348. The first-order valence-electron chi connectivity index (χ1n) is 6.23. The Kier molecular flexibility index (Phi) is 2.52. The highest BCUT2D eigenvalue weighted by Crippen LogP contribution is 2.30. The molecule has 1 aromatic carbocycles. The lowest BCUT2D eigenvalue weighted by molar-refractivity contribution is 0.631. The van der Waals surface area contributed by atoms with Crippen molar-refractivity contribution in [1.82, 2.24) is 10.3 Å². The molecule has 88 valence electrons. The van der Waals surface area contributed by atoms with Gasteiger partial charge in [0.2, 0.25) is 0 Å². The third kappa shape index (κ3) is 1.79. The molecule has 0 amide bonds. The van der Waals surface area contributed by atoms with Gasteiger partial charge in [0.15, 0.2) is 0 Å². The lowest BCUT2D eigenvalue weighted by Crippen LogP contribution is -2.20. The summed E-state index contributed by atoms with van der Waals surface area (Å²) in [6.45, 7) is 5.35. The van der Waals surface area contributed by atoms with Gasteiger partial charge in [-0.2, -0.15) is 0 Å². The fourth-order valence-corrected chi connectivity index (χ4v) is 2.70. The molecule has 0 saturated carbocycles. The van der Waals surface area contributed by atoms with Crippen molar-refractivity contribution >= 4 is 10.9 Å². The summed E-state index contributed by atoms with van der Waals surface area (Å²) >= 11 is 0. The van der Waals surface area contributed by atoms with Crippen LogP contribution in [0.4, 0.5) is 0 Å². The zero-order chi connectivity index (χ0) is 11.8. The highest BCUT2D eigenvalue weighted by molar-refractivity contribution is 5.87. The van der Waals surface area contributed by atoms with Crippen LogP contribution in [0.25, 0.3) is 10.9 Å². The van der Waals surface area contributed by atoms with Crippen molar-refractivity contribution in [3.8, 4) is 0 Å². The first kappa shape index (κ1) is 10.6. The van der Waals surface area contributed by atoms with Gasteiger partial charge in [0, 0.05) is 23.6 Å². The monoisotopic (exact) mass is 226 g/mol. The van der Waals surface area contributed by atoms with Crippen LogP contribution in [-0.4, -0.2) is 11.5 Å². The summed E-state index contributed by atoms with van der Waals surface area (Å²) in [5.41, 5.74) is 5.46. The number of aromatic nitrogens is 1. The van der Waals surface area contributed by atoms with Crippen molar-refractivity contribution in [2.45, 2.75) is 26.3 Å². The van der Waals surface area contributed by atoms with E-state index in [1.165, 1.54) is 27.6 Å². The van der Waals surface area contributed by atoms with Gasteiger partial charge in [-0.15, -0.1) is 0 Å². The van der Waals surface area contributed by atoms with E-state index in [4.69, 9.17) is 0 Å². The molecule has 0 unspecified atom stereocenters. The Morgan fingerprint density at radius 1 is 1.35 bits per heavy atom. The lowest BCUT2D eigenvalue weighted by Gasteiger charge is -2.14. The molecule has 1 aliphatic rings. The summed E-state index contributed by atoms with van der Waals surface area (Å²) in [7, 11) is 0. The average Bonchev–Trinajstić information content (AvgIpc) is 2.62. The number of rotatable bonds is 1. The minimum Gasteiger partial charge on any atom is -0.361 e. The maximum absolute atomic E-state index is 3.62. The van der Waals surface area contributed by atoms with E-state index in [1.54, 1.807) is 0 Å². The first-order chi connectivity index (χ1) is 8.25. The molecule has 1 aliphatic heterocycles. The first-order valence-corrected chi connectivity index (χ1v) is 6.23. The number of hydrogen-bond acceptors (Lipinski definition) is 1. The van der Waals surface area contributed by atoms with Crippen LogP contribution in [-0.2, 0) is 6.42 Å². The van der Waals surface area contributed by atoms with E-state index in [1.807, 2.05) is 0 Å². The molecule has 0 saturated heterocycles. The van der Waals surface area contributed by atoms with Crippen LogP contribution in [0.1, 0.15) is 31.0 Å². The molecule has 2 N–H and O–H groups in total. The van der Waals surface area contributed by atoms with Gasteiger partial charge in [-0.25, -0.2) is 0 Å². The molecule has 3 rings (SSSR count). The number of hydrogen-bond donors (Lipinski definition) is 2. The molecule has 2 heterocycles. The van der Waals surface area contributed by atoms with E-state index in [-0.39, 0.29) is 0 Å². The number of benzene rings is 1. The molecule has 1 atom stereocenters. The van der Waals surface area contributed by atoms with Crippen LogP contribution < -0.4 is 5.32 Å². The summed E-state index contributed by atoms with van der Waals surface area (Å²) < 4.78 is 0. The van der Waals surface area contributed by atoms with Gasteiger partial charge < -0.3 is 10.3 Å². The molecule has 0 radical (unpaired) electrons. The molecule has 2 aromatic rings. The molecule has 0 spiro atoms. The number of aromatic amines is 1. The fraction of sp³-hybridized carbons (Fsp3) is 0.333. The van der Waals surface area contributed by atoms with Gasteiger partial charge in [-0.05, 0) is 37.5 Å². The van der Waals surface area contributed by atoms with E-state index in [0.29, 0.717) is 6.04 Å². The maximum Gasteiger partial charge on any atom is 0.0515 e. The van der Waals surface area contributed by atoms with Crippen molar-refractivity contribution in [2.24, 2.45) is 0 Å². The van der Waals surface area contributed by atoms with Crippen molar-refractivity contribution in [3.05, 3.63) is 47.2 Å². The van der Waals surface area contributed by atoms with Crippen LogP contribution in [0.2, 0.25) is 0 Å². The molecular formula is C15H18N2. The van der Waals surface area contributed by atoms with Gasteiger partial charge in [0.05, 0.1) is 6.04 Å². The lowest BCUT2D eigenvalue weighted by atomic mass is 9.99. The van der Waals surface area contributed by atoms with Gasteiger partial charge in [-0.1, -0.05) is 23.8 Å². The zero-order valence-corrected chi connectivity index (χ0v) is 10.4. The van der Waals surface area contributed by atoms with Gasteiger partial charge in [0.25, 0.3) is 0 Å². The van der Waals surface area contributed by atoms with E-state index in [2.05, 4.69) is 54.6 Å². The summed E-state index contributed by atoms with van der Waals surface area (Å²) in [6.07, 6.45) is 5.57. The Labute approximate surface area is 102 Å². The smallest absolute Gasteiger partial charge is 0.0515 e. The van der Waals surface area contributed by atoms with Crippen molar-refractivity contribution in [3.63, 3.8) is 0 Å². The quantitative estimate of drug-likeness (QED) is 0.717. The third-order valence-electron chi connectivity index (χ3n) is 3.41. The van der Waals surface area contributed by atoms with Crippen LogP contribution in [0.3, 0.4) is 0 Å². The van der Waals surface area contributed by atoms with E-state index in [9.17, 15) is 0 Å². The number of H-pyrrole nitrogens is 1. The van der Waals surface area contributed by atoms with Crippen LogP contribution >= 0.6 is 0 Å². The summed E-state index contributed by atoms with van der Waals surface area (Å²) in [5.74, 6) is 0. The molecule has 2 nitrogen and oxygen atoms in total. The highest BCUT2D eigenvalue weighted by Gasteiger charge is 2.18. The SMILES string of the molecule is CC(C)=C[C@H]1NCCc2c[nH]c3cccc1c23. The Morgan fingerprint density at radius 2 is 2.24 bits per heavy atom. The second-order valence-corrected chi connectivity index (χ2v) is 5.01. The van der Waals surface area contributed by atoms with Gasteiger partial charge >= 0.3 is 0 Å². The maximum atomic E-state index is 3.62. The average molecular weight is 226 g/mol. The molecular weight excluding hydrogens is 208 g/mol.